The molecule has 2 aliphatic rings. The van der Waals surface area contributed by atoms with E-state index in [0.29, 0.717) is 0 Å². The summed E-state index contributed by atoms with van der Waals surface area (Å²) in [5.74, 6) is 0. The molecule has 80 valence electrons. The molecule has 2 saturated heterocycles. The summed E-state index contributed by atoms with van der Waals surface area (Å²) >= 11 is 0. The van der Waals surface area contributed by atoms with Crippen LogP contribution >= 0.6 is 0 Å². The Morgan fingerprint density at radius 1 is 1.13 bits per heavy atom. The molecule has 0 bridgehead atoms. The van der Waals surface area contributed by atoms with Crippen LogP contribution in [0.3, 0.4) is 0 Å². The van der Waals surface area contributed by atoms with Crippen LogP contribution in [0.25, 0.3) is 0 Å². The molecule has 2 fully saturated rings. The molecule has 15 heavy (non-hydrogen) atoms. The van der Waals surface area contributed by atoms with E-state index in [4.69, 9.17) is 15.2 Å². The van der Waals surface area contributed by atoms with E-state index < -0.39 is 0 Å². The van der Waals surface area contributed by atoms with Crippen LogP contribution in [0, 0.1) is 0 Å². The Balaban J connectivity index is 2.17. The average molecular weight is 205 g/mol. The predicted molar refractivity (Wildman–Crippen MR) is 57.5 cm³/mol. The van der Waals surface area contributed by atoms with E-state index >= 15 is 0 Å². The third-order valence-electron chi connectivity index (χ3n) is 3.35. The maximum Gasteiger partial charge on any atom is 0.116 e. The van der Waals surface area contributed by atoms with E-state index in [2.05, 4.69) is 19.9 Å². The quantitative estimate of drug-likeness (QED) is 0.591. The maximum absolute atomic E-state index is 6.04. The van der Waals surface area contributed by atoms with Gasteiger partial charge in [0.15, 0.2) is 0 Å². The van der Waals surface area contributed by atoms with Gasteiger partial charge in [0.1, 0.15) is 11.2 Å². The van der Waals surface area contributed by atoms with E-state index in [1.807, 2.05) is 12.1 Å². The number of anilines is 1. The normalized spacial score (nSPS) is 37.7. The molecule has 0 saturated carbocycles. The van der Waals surface area contributed by atoms with Gasteiger partial charge in [0.25, 0.3) is 0 Å². The topological polar surface area (TPSA) is 51.1 Å². The van der Waals surface area contributed by atoms with Crippen LogP contribution in [0.15, 0.2) is 18.2 Å². The van der Waals surface area contributed by atoms with Crippen LogP contribution in [0.5, 0.6) is 0 Å². The molecule has 2 heterocycles. The lowest BCUT2D eigenvalue weighted by Gasteiger charge is -2.17. The minimum absolute atomic E-state index is 0.139. The summed E-state index contributed by atoms with van der Waals surface area (Å²) in [4.78, 5) is 0. The van der Waals surface area contributed by atoms with Crippen molar-refractivity contribution >= 4 is 5.69 Å². The molecular weight excluding hydrogens is 190 g/mol. The Morgan fingerprint density at radius 2 is 1.73 bits per heavy atom. The monoisotopic (exact) mass is 205 g/mol. The van der Waals surface area contributed by atoms with Gasteiger partial charge in [-0.1, -0.05) is 12.1 Å². The molecule has 1 aromatic rings. The second-order valence-electron chi connectivity index (χ2n) is 4.81. The Labute approximate surface area is 89.2 Å². The number of epoxide rings is 2. The highest BCUT2D eigenvalue weighted by Crippen LogP contribution is 2.49. The number of rotatable bonds is 2. The first-order chi connectivity index (χ1) is 7.05. The first-order valence-corrected chi connectivity index (χ1v) is 5.23. The zero-order chi connectivity index (χ0) is 10.7. The van der Waals surface area contributed by atoms with Gasteiger partial charge in [-0.05, 0) is 25.5 Å². The van der Waals surface area contributed by atoms with E-state index in [1.54, 1.807) is 0 Å². The van der Waals surface area contributed by atoms with Crippen molar-refractivity contribution in [3.05, 3.63) is 29.3 Å². The molecule has 2 N–H and O–H groups in total. The van der Waals surface area contributed by atoms with Gasteiger partial charge in [0.2, 0.25) is 0 Å². The molecule has 0 amide bonds. The first-order valence-electron chi connectivity index (χ1n) is 5.23. The van der Waals surface area contributed by atoms with E-state index in [0.717, 1.165) is 24.5 Å². The summed E-state index contributed by atoms with van der Waals surface area (Å²) in [6.07, 6.45) is 0. The fraction of sp³-hybridized carbons (Fsp3) is 0.500. The minimum atomic E-state index is -0.185. The van der Waals surface area contributed by atoms with Crippen LogP contribution in [-0.2, 0) is 20.7 Å². The summed E-state index contributed by atoms with van der Waals surface area (Å²) in [6.45, 7) is 5.70. The largest absolute Gasteiger partial charge is 0.398 e. The molecule has 2 unspecified atom stereocenters. The molecule has 3 heteroatoms. The Kier molecular flexibility index (Phi) is 1.56. The van der Waals surface area contributed by atoms with E-state index in [1.165, 1.54) is 5.56 Å². The minimum Gasteiger partial charge on any atom is -0.398 e. The summed E-state index contributed by atoms with van der Waals surface area (Å²) in [6, 6.07) is 6.00. The van der Waals surface area contributed by atoms with Gasteiger partial charge < -0.3 is 15.2 Å². The second-order valence-corrected chi connectivity index (χ2v) is 4.81. The van der Waals surface area contributed by atoms with Crippen molar-refractivity contribution in [3.63, 3.8) is 0 Å². The summed E-state index contributed by atoms with van der Waals surface area (Å²) in [5, 5.41) is 0. The lowest BCUT2D eigenvalue weighted by Crippen LogP contribution is -2.16. The summed E-state index contributed by atoms with van der Waals surface area (Å²) < 4.78 is 11.0. The zero-order valence-corrected chi connectivity index (χ0v) is 9.04. The van der Waals surface area contributed by atoms with Gasteiger partial charge in [-0.3, -0.25) is 0 Å². The fourth-order valence-corrected chi connectivity index (χ4v) is 2.12. The molecule has 0 radical (unpaired) electrons. The Hall–Kier alpha value is -1.06. The first kappa shape index (κ1) is 9.19. The Morgan fingerprint density at radius 3 is 2.27 bits per heavy atom. The van der Waals surface area contributed by atoms with Crippen LogP contribution in [0.4, 0.5) is 5.69 Å². The van der Waals surface area contributed by atoms with Crippen molar-refractivity contribution in [2.75, 3.05) is 18.9 Å². The molecule has 2 aliphatic heterocycles. The number of hydrogen-bond donors (Lipinski definition) is 1. The molecular formula is C12H15NO2. The highest BCUT2D eigenvalue weighted by Gasteiger charge is 2.50. The molecule has 2 atom stereocenters. The third-order valence-corrected chi connectivity index (χ3v) is 3.35. The van der Waals surface area contributed by atoms with E-state index in [-0.39, 0.29) is 11.2 Å². The number of nitrogens with two attached hydrogens (primary N) is 1. The van der Waals surface area contributed by atoms with Gasteiger partial charge in [-0.15, -0.1) is 0 Å². The predicted octanol–water partition coefficient (Wildman–Crippen LogP) is 1.76. The molecule has 1 aromatic carbocycles. The van der Waals surface area contributed by atoms with Crippen LogP contribution in [-0.4, -0.2) is 13.2 Å². The second kappa shape index (κ2) is 2.54. The average Bonchev–Trinajstić information content (AvgIpc) is 3.07. The van der Waals surface area contributed by atoms with Crippen molar-refractivity contribution in [2.24, 2.45) is 0 Å². The molecule has 3 nitrogen and oxygen atoms in total. The number of benzene rings is 1. The number of ether oxygens (including phenoxy) is 2. The fourth-order valence-electron chi connectivity index (χ4n) is 2.12. The van der Waals surface area contributed by atoms with Gasteiger partial charge in [-0.2, -0.15) is 0 Å². The van der Waals surface area contributed by atoms with Crippen molar-refractivity contribution < 1.29 is 9.47 Å². The number of hydrogen-bond acceptors (Lipinski definition) is 3. The highest BCUT2D eigenvalue weighted by atomic mass is 16.6. The number of nitrogen functional groups attached to an aromatic ring is 1. The standard InChI is InChI=1S/C12H15NO2/c1-11(6-14-11)8-4-3-5-9(13)10(8)12(2)7-15-12/h3-5H,6-7,13H2,1-2H3. The van der Waals surface area contributed by atoms with Gasteiger partial charge in [0.05, 0.1) is 13.2 Å². The Bertz CT molecular complexity index is 420. The van der Waals surface area contributed by atoms with Crippen LogP contribution < -0.4 is 5.73 Å². The lowest BCUT2D eigenvalue weighted by molar-refractivity contribution is 0.306. The van der Waals surface area contributed by atoms with Crippen LogP contribution in [0.1, 0.15) is 25.0 Å². The van der Waals surface area contributed by atoms with Crippen LogP contribution in [0.2, 0.25) is 0 Å². The summed E-state index contributed by atoms with van der Waals surface area (Å²) in [7, 11) is 0. The summed E-state index contributed by atoms with van der Waals surface area (Å²) in [5.41, 5.74) is 8.82. The molecule has 3 rings (SSSR count). The maximum atomic E-state index is 6.04. The third kappa shape index (κ3) is 1.27. The molecule has 0 aromatic heterocycles. The van der Waals surface area contributed by atoms with E-state index in [9.17, 15) is 0 Å². The van der Waals surface area contributed by atoms with Crippen molar-refractivity contribution in [3.8, 4) is 0 Å². The lowest BCUT2D eigenvalue weighted by atomic mass is 9.88. The highest BCUT2D eigenvalue weighted by molar-refractivity contribution is 5.57. The van der Waals surface area contributed by atoms with Gasteiger partial charge in [0, 0.05) is 11.3 Å². The SMILES string of the molecule is CC1(c2cccc(N)c2C2(C)CO2)CO1. The zero-order valence-electron chi connectivity index (χ0n) is 9.04. The molecule has 0 aliphatic carbocycles. The van der Waals surface area contributed by atoms with Crippen molar-refractivity contribution in [2.45, 2.75) is 25.0 Å². The van der Waals surface area contributed by atoms with Gasteiger partial charge >= 0.3 is 0 Å². The molecule has 0 spiro atoms. The smallest absolute Gasteiger partial charge is 0.116 e. The van der Waals surface area contributed by atoms with Gasteiger partial charge in [-0.25, -0.2) is 0 Å². The van der Waals surface area contributed by atoms with Crippen molar-refractivity contribution in [1.82, 2.24) is 0 Å². The van der Waals surface area contributed by atoms with Crippen molar-refractivity contribution in [1.29, 1.82) is 0 Å².